The van der Waals surface area contributed by atoms with Crippen LogP contribution in [0.4, 0.5) is 0 Å². The van der Waals surface area contributed by atoms with Gasteiger partial charge in [0.15, 0.2) is 6.61 Å². The Balaban J connectivity index is 1.51. The second-order valence-corrected chi connectivity index (χ2v) is 7.01. The molecule has 1 heterocycles. The summed E-state index contributed by atoms with van der Waals surface area (Å²) < 4.78 is 10.7. The van der Waals surface area contributed by atoms with Crippen LogP contribution in [0.25, 0.3) is 6.08 Å². The quantitative estimate of drug-likeness (QED) is 0.854. The molecule has 0 radical (unpaired) electrons. The zero-order valence-corrected chi connectivity index (χ0v) is 14.8. The molecule has 0 aromatic heterocycles. The maximum absolute atomic E-state index is 12.2. The molecule has 3 atom stereocenters. The lowest BCUT2D eigenvalue weighted by Crippen LogP contribution is -2.45. The first-order chi connectivity index (χ1) is 12.0. The van der Waals surface area contributed by atoms with E-state index in [9.17, 15) is 9.59 Å². The molecule has 0 bridgehead atoms. The minimum atomic E-state index is -0.505. The minimum absolute atomic E-state index is 0.161. The number of esters is 1. The van der Waals surface area contributed by atoms with Crippen molar-refractivity contribution < 1.29 is 19.1 Å². The van der Waals surface area contributed by atoms with Crippen molar-refractivity contribution in [3.63, 3.8) is 0 Å². The Labute approximate surface area is 148 Å². The number of carbonyl (C=O) groups excluding carboxylic acids is 2. The van der Waals surface area contributed by atoms with E-state index < -0.39 is 5.97 Å². The average Bonchev–Trinajstić information content (AvgIpc) is 2.63. The zero-order chi connectivity index (χ0) is 17.8. The third kappa shape index (κ3) is 4.21. The van der Waals surface area contributed by atoms with Gasteiger partial charge in [-0.15, -0.1) is 0 Å². The van der Waals surface area contributed by atoms with Gasteiger partial charge >= 0.3 is 5.97 Å². The molecule has 1 amide bonds. The fourth-order valence-corrected chi connectivity index (χ4v) is 3.49. The second-order valence-electron chi connectivity index (χ2n) is 7.01. The molecule has 1 aromatic rings. The standard InChI is InChI=1S/C20H25NO4/c1-13-6-5-8-17(14(13)2)21-19(22)12-25-20(23)16-10-15-7-3-4-9-18(15)24-11-16/h3-4,7,9-10,13-14,17H,5-6,8,11-12H2,1-2H3,(H,21,22)/t13-,14-,17-/m1/s1. The van der Waals surface area contributed by atoms with Crippen LogP contribution in [0.1, 0.15) is 38.7 Å². The van der Waals surface area contributed by atoms with Crippen LogP contribution in [0.3, 0.4) is 0 Å². The maximum Gasteiger partial charge on any atom is 0.338 e. The summed E-state index contributed by atoms with van der Waals surface area (Å²) in [6, 6.07) is 7.66. The predicted octanol–water partition coefficient (Wildman–Crippen LogP) is 2.95. The van der Waals surface area contributed by atoms with Gasteiger partial charge < -0.3 is 14.8 Å². The molecule has 1 N–H and O–H groups in total. The first kappa shape index (κ1) is 17.5. The Morgan fingerprint density at radius 3 is 2.88 bits per heavy atom. The third-order valence-corrected chi connectivity index (χ3v) is 5.28. The summed E-state index contributed by atoms with van der Waals surface area (Å²) in [6.07, 6.45) is 5.07. The molecule has 2 aliphatic rings. The lowest BCUT2D eigenvalue weighted by molar-refractivity contribution is -0.145. The molecule has 1 fully saturated rings. The summed E-state index contributed by atoms with van der Waals surface area (Å²) in [4.78, 5) is 24.3. The molecule has 0 saturated heterocycles. The van der Waals surface area contributed by atoms with Crippen LogP contribution in [0, 0.1) is 11.8 Å². The van der Waals surface area contributed by atoms with Crippen molar-refractivity contribution in [1.29, 1.82) is 0 Å². The fourth-order valence-electron chi connectivity index (χ4n) is 3.49. The second kappa shape index (κ2) is 7.72. The van der Waals surface area contributed by atoms with Gasteiger partial charge in [-0.2, -0.15) is 0 Å². The number of hydrogen-bond acceptors (Lipinski definition) is 4. The Kier molecular flexibility index (Phi) is 5.41. The smallest absolute Gasteiger partial charge is 0.338 e. The van der Waals surface area contributed by atoms with Crippen molar-refractivity contribution in [3.8, 4) is 5.75 Å². The number of rotatable bonds is 4. The van der Waals surface area contributed by atoms with Crippen molar-refractivity contribution in [2.45, 2.75) is 39.2 Å². The summed E-state index contributed by atoms with van der Waals surface area (Å²) in [5.41, 5.74) is 1.27. The van der Waals surface area contributed by atoms with Crippen molar-refractivity contribution >= 4 is 18.0 Å². The highest BCUT2D eigenvalue weighted by Gasteiger charge is 2.28. The minimum Gasteiger partial charge on any atom is -0.488 e. The van der Waals surface area contributed by atoms with Crippen LogP contribution >= 0.6 is 0 Å². The monoisotopic (exact) mass is 343 g/mol. The van der Waals surface area contributed by atoms with Gasteiger partial charge in [0, 0.05) is 11.6 Å². The maximum atomic E-state index is 12.2. The van der Waals surface area contributed by atoms with Gasteiger partial charge in [-0.3, -0.25) is 4.79 Å². The van der Waals surface area contributed by atoms with Crippen LogP contribution in [0.2, 0.25) is 0 Å². The number of hydrogen-bond donors (Lipinski definition) is 1. The number of amides is 1. The van der Waals surface area contributed by atoms with Crippen molar-refractivity contribution in [2.75, 3.05) is 13.2 Å². The van der Waals surface area contributed by atoms with Crippen molar-refractivity contribution in [1.82, 2.24) is 5.32 Å². The van der Waals surface area contributed by atoms with E-state index in [4.69, 9.17) is 9.47 Å². The highest BCUT2D eigenvalue weighted by atomic mass is 16.5. The highest BCUT2D eigenvalue weighted by Crippen LogP contribution is 2.29. The third-order valence-electron chi connectivity index (χ3n) is 5.28. The molecular weight excluding hydrogens is 318 g/mol. The molecule has 1 saturated carbocycles. The fraction of sp³-hybridized carbons (Fsp3) is 0.500. The molecular formula is C20H25NO4. The largest absolute Gasteiger partial charge is 0.488 e. The Hall–Kier alpha value is -2.30. The SMILES string of the molecule is C[C@@H]1[C@H](C)CCC[C@H]1NC(=O)COC(=O)C1=Cc2ccccc2OC1. The first-order valence-electron chi connectivity index (χ1n) is 8.93. The number of fused-ring (bicyclic) bond motifs is 1. The van der Waals surface area contributed by atoms with Gasteiger partial charge in [-0.05, 0) is 30.4 Å². The van der Waals surface area contributed by atoms with E-state index in [0.717, 1.165) is 24.2 Å². The molecule has 0 unspecified atom stereocenters. The summed E-state index contributed by atoms with van der Waals surface area (Å²) in [5.74, 6) is 1.05. The molecule has 1 aliphatic heterocycles. The van der Waals surface area contributed by atoms with E-state index in [1.165, 1.54) is 6.42 Å². The number of nitrogens with one attached hydrogen (secondary N) is 1. The summed E-state index contributed by atoms with van der Waals surface area (Å²) in [6.45, 7) is 4.29. The predicted molar refractivity (Wildman–Crippen MR) is 95.0 cm³/mol. The molecule has 1 aromatic carbocycles. The lowest BCUT2D eigenvalue weighted by Gasteiger charge is -2.34. The Bertz CT molecular complexity index is 682. The molecule has 3 rings (SSSR count). The highest BCUT2D eigenvalue weighted by molar-refractivity contribution is 5.96. The van der Waals surface area contributed by atoms with Crippen molar-refractivity contribution in [2.24, 2.45) is 11.8 Å². The number of carbonyl (C=O) groups is 2. The normalized spacial score (nSPS) is 25.2. The Morgan fingerprint density at radius 1 is 1.24 bits per heavy atom. The molecule has 5 heteroatoms. The van der Waals surface area contributed by atoms with Gasteiger partial charge in [-0.1, -0.05) is 44.9 Å². The average molecular weight is 343 g/mol. The topological polar surface area (TPSA) is 64.6 Å². The first-order valence-corrected chi connectivity index (χ1v) is 8.93. The van der Waals surface area contributed by atoms with Gasteiger partial charge in [0.25, 0.3) is 5.91 Å². The number of ether oxygens (including phenoxy) is 2. The molecule has 5 nitrogen and oxygen atoms in total. The van der Waals surface area contributed by atoms with Crippen molar-refractivity contribution in [3.05, 3.63) is 35.4 Å². The molecule has 25 heavy (non-hydrogen) atoms. The van der Waals surface area contributed by atoms with Crippen LogP contribution < -0.4 is 10.1 Å². The van der Waals surface area contributed by atoms with E-state index >= 15 is 0 Å². The van der Waals surface area contributed by atoms with E-state index in [2.05, 4.69) is 19.2 Å². The van der Waals surface area contributed by atoms with Gasteiger partial charge in [-0.25, -0.2) is 4.79 Å². The van der Waals surface area contributed by atoms with Crippen LogP contribution in [-0.2, 0) is 14.3 Å². The Morgan fingerprint density at radius 2 is 2.04 bits per heavy atom. The molecule has 0 spiro atoms. The van der Waals surface area contributed by atoms with E-state index in [0.29, 0.717) is 17.4 Å². The van der Waals surface area contributed by atoms with Gasteiger partial charge in [0.1, 0.15) is 12.4 Å². The summed E-state index contributed by atoms with van der Waals surface area (Å²) >= 11 is 0. The lowest BCUT2D eigenvalue weighted by atomic mass is 9.78. The summed E-state index contributed by atoms with van der Waals surface area (Å²) in [5, 5.41) is 3.01. The summed E-state index contributed by atoms with van der Waals surface area (Å²) in [7, 11) is 0. The zero-order valence-electron chi connectivity index (χ0n) is 14.8. The van der Waals surface area contributed by atoms with E-state index in [1.807, 2.05) is 24.3 Å². The number of benzene rings is 1. The molecule has 134 valence electrons. The van der Waals surface area contributed by atoms with Crippen LogP contribution in [0.5, 0.6) is 5.75 Å². The molecule has 1 aliphatic carbocycles. The van der Waals surface area contributed by atoms with Gasteiger partial charge in [0.05, 0.1) is 5.57 Å². The van der Waals surface area contributed by atoms with Gasteiger partial charge in [0.2, 0.25) is 0 Å². The van der Waals surface area contributed by atoms with Crippen LogP contribution in [0.15, 0.2) is 29.8 Å². The van der Waals surface area contributed by atoms with Crippen LogP contribution in [-0.4, -0.2) is 31.1 Å². The number of para-hydroxylation sites is 1. The van der Waals surface area contributed by atoms with E-state index in [-0.39, 0.29) is 25.2 Å². The van der Waals surface area contributed by atoms with E-state index in [1.54, 1.807) is 6.08 Å².